The number of azide groups is 1. The number of benzene rings is 1. The second-order valence-corrected chi connectivity index (χ2v) is 14.1. The zero-order chi connectivity index (χ0) is 32.5. The van der Waals surface area contributed by atoms with Crippen LogP contribution in [0.15, 0.2) is 41.6 Å². The molecule has 14 nitrogen and oxygen atoms in total. The summed E-state index contributed by atoms with van der Waals surface area (Å²) < 4.78 is 53.9. The van der Waals surface area contributed by atoms with Crippen molar-refractivity contribution in [3.05, 3.63) is 47.0 Å². The van der Waals surface area contributed by atoms with Gasteiger partial charge in [0.25, 0.3) is 10.1 Å². The third kappa shape index (κ3) is 10.8. The minimum atomic E-state index is -3.85. The van der Waals surface area contributed by atoms with Crippen LogP contribution in [0.1, 0.15) is 46.5 Å². The molecule has 0 bridgehead atoms. The number of carbonyl (C=O) groups excluding carboxylic acids is 1. The molecule has 1 fully saturated rings. The molecule has 1 aromatic carbocycles. The summed E-state index contributed by atoms with van der Waals surface area (Å²) in [7, 11) is -2.25. The Balaban J connectivity index is 1.40. The number of amides is 1. The molecule has 2 unspecified atom stereocenters. The predicted molar refractivity (Wildman–Crippen MR) is 170 cm³/mol. The van der Waals surface area contributed by atoms with Crippen molar-refractivity contribution in [3.8, 4) is 16.3 Å². The van der Waals surface area contributed by atoms with Gasteiger partial charge in [0.15, 0.2) is 6.29 Å². The summed E-state index contributed by atoms with van der Waals surface area (Å²) in [5, 5.41) is 4.10. The van der Waals surface area contributed by atoms with Crippen molar-refractivity contribution in [2.45, 2.75) is 64.4 Å². The molecule has 4 rings (SSSR count). The normalized spacial score (nSPS) is 16.1. The first-order valence-electron chi connectivity index (χ1n) is 14.5. The fourth-order valence-corrected chi connectivity index (χ4v) is 6.14. The van der Waals surface area contributed by atoms with Gasteiger partial charge in [-0.3, -0.25) is 9.08 Å². The molecule has 0 radical (unpaired) electrons. The first-order valence-corrected chi connectivity index (χ1v) is 16.9. The lowest BCUT2D eigenvalue weighted by Crippen LogP contribution is -2.35. The molecule has 3 aromatic rings. The van der Waals surface area contributed by atoms with Crippen LogP contribution < -0.4 is 9.64 Å². The largest absolute Gasteiger partial charge is 0.491 e. The number of hydrogen-bond donors (Lipinski definition) is 0. The molecule has 2 aromatic heterocycles. The van der Waals surface area contributed by atoms with Gasteiger partial charge in [0, 0.05) is 36.9 Å². The quantitative estimate of drug-likeness (QED) is 0.0648. The molecule has 45 heavy (non-hydrogen) atoms. The van der Waals surface area contributed by atoms with Crippen molar-refractivity contribution in [2.75, 3.05) is 44.1 Å². The van der Waals surface area contributed by atoms with Crippen LogP contribution in [0.4, 0.5) is 10.6 Å². The number of nitrogens with zero attached hydrogens (tertiary/aromatic N) is 6. The van der Waals surface area contributed by atoms with Crippen LogP contribution in [0.5, 0.6) is 5.75 Å². The molecule has 1 aliphatic rings. The number of anilines is 1. The van der Waals surface area contributed by atoms with Gasteiger partial charge in [-0.15, -0.1) is 11.3 Å². The summed E-state index contributed by atoms with van der Waals surface area (Å²) in [4.78, 5) is 25.5. The fraction of sp³-hybridized carbons (Fsp3) is 0.552. The van der Waals surface area contributed by atoms with Gasteiger partial charge < -0.3 is 18.9 Å². The van der Waals surface area contributed by atoms with Crippen molar-refractivity contribution in [1.29, 1.82) is 0 Å². The summed E-state index contributed by atoms with van der Waals surface area (Å²) in [5.41, 5.74) is 9.33. The van der Waals surface area contributed by atoms with E-state index in [-0.39, 0.29) is 31.9 Å². The molecular weight excluding hydrogens is 624 g/mol. The molecular formula is C29H38N6O8S2. The second-order valence-electron chi connectivity index (χ2n) is 11.3. The number of fused-ring (bicyclic) bond motifs is 1. The maximum atomic E-state index is 12.4. The van der Waals surface area contributed by atoms with Crippen LogP contribution in [0.25, 0.3) is 31.2 Å². The third-order valence-electron chi connectivity index (χ3n) is 6.43. The lowest BCUT2D eigenvalue weighted by molar-refractivity contribution is -0.198. The average molecular weight is 663 g/mol. The van der Waals surface area contributed by atoms with Crippen molar-refractivity contribution < 1.29 is 36.3 Å². The Bertz CT molecular complexity index is 1580. The van der Waals surface area contributed by atoms with Crippen LogP contribution in [-0.4, -0.2) is 81.6 Å². The van der Waals surface area contributed by atoms with E-state index in [1.165, 1.54) is 16.2 Å². The molecule has 0 spiro atoms. The number of rotatable bonds is 14. The third-order valence-corrected chi connectivity index (χ3v) is 8.78. The summed E-state index contributed by atoms with van der Waals surface area (Å²) in [6, 6.07) is 9.06. The Morgan fingerprint density at radius 3 is 2.76 bits per heavy atom. The van der Waals surface area contributed by atoms with E-state index in [1.807, 2.05) is 18.2 Å². The SMILES string of the molecule is CN(C(=O)OC(C)(C)C)c1ccc(-c2nc3ccc(OCC(COS(=O)(=O)CCCN=[N+]=[N-])OC4CCCCO4)cc3s2)cn1. The van der Waals surface area contributed by atoms with Gasteiger partial charge in [0.05, 0.1) is 22.6 Å². The molecule has 1 amide bonds. The van der Waals surface area contributed by atoms with E-state index in [0.717, 1.165) is 33.6 Å². The minimum absolute atomic E-state index is 0.0296. The maximum absolute atomic E-state index is 12.4. The van der Waals surface area contributed by atoms with E-state index in [0.29, 0.717) is 24.6 Å². The molecule has 0 saturated carbocycles. The van der Waals surface area contributed by atoms with E-state index in [1.54, 1.807) is 46.1 Å². The number of pyridine rings is 1. The number of aromatic nitrogens is 2. The molecule has 1 aliphatic heterocycles. The molecule has 244 valence electrons. The summed E-state index contributed by atoms with van der Waals surface area (Å²) in [6.45, 7) is 5.83. The number of thiazole rings is 1. The van der Waals surface area contributed by atoms with Crippen LogP contribution in [0, 0.1) is 0 Å². The highest BCUT2D eigenvalue weighted by molar-refractivity contribution is 7.86. The van der Waals surface area contributed by atoms with E-state index in [2.05, 4.69) is 15.0 Å². The van der Waals surface area contributed by atoms with Crippen LogP contribution in [0.3, 0.4) is 0 Å². The summed E-state index contributed by atoms with van der Waals surface area (Å²) >= 11 is 1.46. The molecule has 2 atom stereocenters. The van der Waals surface area contributed by atoms with Crippen molar-refractivity contribution in [3.63, 3.8) is 0 Å². The monoisotopic (exact) mass is 662 g/mol. The predicted octanol–water partition coefficient (Wildman–Crippen LogP) is 6.07. The van der Waals surface area contributed by atoms with Gasteiger partial charge in [0.1, 0.15) is 34.9 Å². The topological polar surface area (TPSA) is 175 Å². The molecule has 0 aliphatic carbocycles. The Kier molecular flexibility index (Phi) is 11.9. The average Bonchev–Trinajstić information content (AvgIpc) is 3.44. The van der Waals surface area contributed by atoms with Crippen LogP contribution in [0.2, 0.25) is 0 Å². The highest BCUT2D eigenvalue weighted by atomic mass is 32.2. The smallest absolute Gasteiger partial charge is 0.415 e. The highest BCUT2D eigenvalue weighted by Gasteiger charge is 2.24. The van der Waals surface area contributed by atoms with Crippen molar-refractivity contribution >= 4 is 43.6 Å². The van der Waals surface area contributed by atoms with Gasteiger partial charge in [-0.2, -0.15) is 8.42 Å². The van der Waals surface area contributed by atoms with E-state index in [4.69, 9.17) is 33.6 Å². The fourth-order valence-electron chi connectivity index (χ4n) is 4.20. The van der Waals surface area contributed by atoms with E-state index < -0.39 is 34.2 Å². The highest BCUT2D eigenvalue weighted by Crippen LogP contribution is 2.33. The molecule has 16 heteroatoms. The lowest BCUT2D eigenvalue weighted by Gasteiger charge is -2.27. The number of ether oxygens (including phenoxy) is 4. The van der Waals surface area contributed by atoms with Crippen LogP contribution >= 0.6 is 11.3 Å². The maximum Gasteiger partial charge on any atom is 0.415 e. The molecule has 0 N–H and O–H groups in total. The standard InChI is InChI=1S/C29H38N6O8S2/c1-29(2,3)43-28(36)35(4)25-12-9-20(17-31-25)27-33-23-11-10-21(16-24(23)44-27)40-18-22(42-26-8-5-6-14-39-26)19-41-45(37,38)15-7-13-32-34-30/h9-12,16-17,22,26H,5-8,13-15,18-19H2,1-4H3. The van der Waals surface area contributed by atoms with E-state index >= 15 is 0 Å². The van der Waals surface area contributed by atoms with Gasteiger partial charge in [0.2, 0.25) is 0 Å². The summed E-state index contributed by atoms with van der Waals surface area (Å²) in [5.74, 6) is 0.730. The van der Waals surface area contributed by atoms with Gasteiger partial charge in [-0.25, -0.2) is 14.8 Å². The first-order chi connectivity index (χ1) is 21.4. The number of carbonyl (C=O) groups is 1. The first kappa shape index (κ1) is 34.3. The van der Waals surface area contributed by atoms with Crippen molar-refractivity contribution in [2.24, 2.45) is 5.11 Å². The zero-order valence-corrected chi connectivity index (χ0v) is 27.4. The molecule has 1 saturated heterocycles. The Labute approximate surface area is 266 Å². The van der Waals surface area contributed by atoms with Gasteiger partial charge in [-0.05, 0) is 82.3 Å². The van der Waals surface area contributed by atoms with E-state index in [9.17, 15) is 13.2 Å². The van der Waals surface area contributed by atoms with Crippen LogP contribution in [-0.2, 0) is 28.5 Å². The summed E-state index contributed by atoms with van der Waals surface area (Å²) in [6.07, 6.45) is 2.71. The second kappa shape index (κ2) is 15.7. The molecule has 3 heterocycles. The lowest BCUT2D eigenvalue weighted by atomic mass is 10.2. The Morgan fingerprint density at radius 2 is 2.07 bits per heavy atom. The van der Waals surface area contributed by atoms with Gasteiger partial charge in [-0.1, -0.05) is 5.11 Å². The Morgan fingerprint density at radius 1 is 1.24 bits per heavy atom. The number of hydrogen-bond acceptors (Lipinski definition) is 12. The van der Waals surface area contributed by atoms with Gasteiger partial charge >= 0.3 is 6.09 Å². The Hall–Kier alpha value is -3.53. The minimum Gasteiger partial charge on any atom is -0.491 e. The zero-order valence-electron chi connectivity index (χ0n) is 25.7. The van der Waals surface area contributed by atoms with Crippen molar-refractivity contribution in [1.82, 2.24) is 9.97 Å².